The van der Waals surface area contributed by atoms with Crippen molar-refractivity contribution in [1.82, 2.24) is 14.1 Å². The molecule has 0 spiro atoms. The highest BCUT2D eigenvalue weighted by molar-refractivity contribution is 7.99. The molecule has 214 valence electrons. The summed E-state index contributed by atoms with van der Waals surface area (Å²) in [6.07, 6.45) is 1.97. The fourth-order valence-corrected chi connectivity index (χ4v) is 5.13. The number of hydrogen-bond acceptors (Lipinski definition) is 8. The number of carbonyl (C=O) groups is 1. The summed E-state index contributed by atoms with van der Waals surface area (Å²) in [5, 5.41) is 3.48. The van der Waals surface area contributed by atoms with Crippen LogP contribution >= 0.6 is 11.8 Å². The van der Waals surface area contributed by atoms with Gasteiger partial charge in [0.25, 0.3) is 0 Å². The number of pyridine rings is 1. The van der Waals surface area contributed by atoms with Crippen LogP contribution in [0.3, 0.4) is 0 Å². The molecule has 0 bridgehead atoms. The molecule has 0 atom stereocenters. The van der Waals surface area contributed by atoms with Crippen LogP contribution in [0.4, 0.5) is 14.9 Å². The fourth-order valence-electron chi connectivity index (χ4n) is 4.20. The molecule has 5 rings (SSSR count). The minimum absolute atomic E-state index is 0.145. The maximum absolute atomic E-state index is 13.4. The van der Waals surface area contributed by atoms with Gasteiger partial charge in [-0.2, -0.15) is 0 Å². The highest BCUT2D eigenvalue weighted by Gasteiger charge is 2.17. The van der Waals surface area contributed by atoms with Crippen LogP contribution in [0.15, 0.2) is 98.5 Å². The third kappa shape index (κ3) is 5.84. The van der Waals surface area contributed by atoms with Gasteiger partial charge in [-0.1, -0.05) is 11.8 Å². The van der Waals surface area contributed by atoms with Gasteiger partial charge in [-0.15, -0.1) is 0 Å². The number of halogens is 1. The van der Waals surface area contributed by atoms with Crippen molar-refractivity contribution in [2.24, 2.45) is 0 Å². The number of ether oxygens (including phenoxy) is 3. The highest BCUT2D eigenvalue weighted by Crippen LogP contribution is 2.38. The van der Waals surface area contributed by atoms with Gasteiger partial charge in [-0.05, 0) is 67.6 Å². The number of hydrogen-bond donors (Lipinski definition) is 1. The topological polar surface area (TPSA) is 114 Å². The minimum Gasteiger partial charge on any atom is -0.493 e. The summed E-state index contributed by atoms with van der Waals surface area (Å²) < 4.78 is 31.5. The maximum atomic E-state index is 13.4. The Morgan fingerprint density at radius 2 is 1.64 bits per heavy atom. The lowest BCUT2D eigenvalue weighted by Crippen LogP contribution is -2.39. The number of aromatic nitrogens is 3. The fraction of sp³-hybridized carbons (Fsp3) is 0.133. The molecule has 2 aromatic heterocycles. The van der Waals surface area contributed by atoms with E-state index in [1.165, 1.54) is 34.7 Å². The number of rotatable bonds is 8. The lowest BCUT2D eigenvalue weighted by molar-refractivity contribution is 0.214. The number of aryl methyl sites for hydroxylation is 1. The average molecular weight is 589 g/mol. The van der Waals surface area contributed by atoms with E-state index in [4.69, 9.17) is 14.2 Å². The van der Waals surface area contributed by atoms with E-state index < -0.39 is 23.2 Å². The van der Waals surface area contributed by atoms with Crippen molar-refractivity contribution in [2.45, 2.75) is 23.3 Å². The molecule has 0 saturated heterocycles. The second-order valence-electron chi connectivity index (χ2n) is 8.85. The van der Waals surface area contributed by atoms with E-state index in [1.807, 2.05) is 30.3 Å². The lowest BCUT2D eigenvalue weighted by atomic mass is 10.2. The van der Waals surface area contributed by atoms with Crippen LogP contribution in [-0.4, -0.2) is 34.4 Å². The molecule has 2 heterocycles. The summed E-state index contributed by atoms with van der Waals surface area (Å²) in [5.74, 6) is 0.303. The molecule has 0 aliphatic carbocycles. The molecular weight excluding hydrogens is 563 g/mol. The summed E-state index contributed by atoms with van der Waals surface area (Å²) in [4.78, 5) is 44.8. The third-order valence-corrected chi connectivity index (χ3v) is 7.37. The number of methoxy groups -OCH3 is 2. The molecule has 5 aromatic rings. The average Bonchev–Trinajstić information content (AvgIpc) is 3.00. The SMILES string of the molecule is CCn1cc(OC(=O)Nc2ccc(Sc3ccnc4cc(OC)c(OC)cc34)cc2)c(=O)n(-c2ccc(F)cc2)c1=O. The maximum Gasteiger partial charge on any atom is 0.417 e. The summed E-state index contributed by atoms with van der Waals surface area (Å²) in [6.45, 7) is 1.91. The van der Waals surface area contributed by atoms with E-state index in [9.17, 15) is 18.8 Å². The van der Waals surface area contributed by atoms with Crippen LogP contribution < -0.4 is 30.8 Å². The molecule has 0 radical (unpaired) electrons. The van der Waals surface area contributed by atoms with Gasteiger partial charge in [0.05, 0.1) is 31.6 Å². The first-order valence-electron chi connectivity index (χ1n) is 12.7. The van der Waals surface area contributed by atoms with Gasteiger partial charge < -0.3 is 14.2 Å². The lowest BCUT2D eigenvalue weighted by Gasteiger charge is -2.13. The van der Waals surface area contributed by atoms with Crippen LogP contribution in [0.2, 0.25) is 0 Å². The van der Waals surface area contributed by atoms with E-state index in [-0.39, 0.29) is 18.0 Å². The number of fused-ring (bicyclic) bond motifs is 1. The zero-order valence-corrected chi connectivity index (χ0v) is 23.6. The second-order valence-corrected chi connectivity index (χ2v) is 9.97. The van der Waals surface area contributed by atoms with Crippen molar-refractivity contribution in [2.75, 3.05) is 19.5 Å². The summed E-state index contributed by atoms with van der Waals surface area (Å²) in [6, 6.07) is 17.5. The van der Waals surface area contributed by atoms with Crippen LogP contribution in [-0.2, 0) is 6.54 Å². The number of nitrogens with one attached hydrogen (secondary N) is 1. The summed E-state index contributed by atoms with van der Waals surface area (Å²) in [7, 11) is 3.15. The molecule has 0 aliphatic heterocycles. The normalized spacial score (nSPS) is 10.9. The molecule has 42 heavy (non-hydrogen) atoms. The number of benzene rings is 3. The molecule has 1 amide bonds. The van der Waals surface area contributed by atoms with E-state index in [0.29, 0.717) is 17.2 Å². The van der Waals surface area contributed by atoms with E-state index >= 15 is 0 Å². The molecular formula is C30H25FN4O6S. The molecule has 0 saturated carbocycles. The third-order valence-electron chi connectivity index (χ3n) is 6.29. The Balaban J connectivity index is 1.33. The molecule has 12 heteroatoms. The second kappa shape index (κ2) is 12.2. The first-order valence-corrected chi connectivity index (χ1v) is 13.5. The Hall–Kier alpha value is -5.10. The van der Waals surface area contributed by atoms with Crippen LogP contribution in [0, 0.1) is 5.82 Å². The molecule has 3 aromatic carbocycles. The Morgan fingerprint density at radius 3 is 2.31 bits per heavy atom. The Morgan fingerprint density at radius 1 is 0.952 bits per heavy atom. The minimum atomic E-state index is -0.916. The quantitative estimate of drug-likeness (QED) is 0.253. The number of anilines is 1. The van der Waals surface area contributed by atoms with Gasteiger partial charge in [-0.25, -0.2) is 18.5 Å². The molecule has 0 aliphatic rings. The van der Waals surface area contributed by atoms with Gasteiger partial charge in [0.1, 0.15) is 5.82 Å². The van der Waals surface area contributed by atoms with E-state index in [2.05, 4.69) is 10.3 Å². The van der Waals surface area contributed by atoms with Gasteiger partial charge in [-0.3, -0.25) is 19.7 Å². The molecule has 0 fully saturated rings. The predicted octanol–water partition coefficient (Wildman–Crippen LogP) is 5.49. The number of amides is 1. The summed E-state index contributed by atoms with van der Waals surface area (Å²) in [5.41, 5.74) is -0.164. The van der Waals surface area contributed by atoms with Gasteiger partial charge in [0.15, 0.2) is 11.5 Å². The standard InChI is InChI=1S/C30H25FN4O6S/c1-4-34-17-26(28(36)35(30(34)38)20-9-5-18(31)6-10-20)41-29(37)33-19-7-11-21(12-8-19)42-27-13-14-32-23-16-25(40-3)24(39-2)15-22(23)27/h5-17H,4H2,1-3H3,(H,33,37). The zero-order valence-electron chi connectivity index (χ0n) is 22.8. The Bertz CT molecular complexity index is 1890. The smallest absolute Gasteiger partial charge is 0.417 e. The van der Waals surface area contributed by atoms with Crippen molar-refractivity contribution >= 4 is 34.4 Å². The number of carbonyl (C=O) groups excluding carboxylic acids is 1. The van der Waals surface area contributed by atoms with Crippen LogP contribution in [0.25, 0.3) is 16.6 Å². The Kier molecular flexibility index (Phi) is 8.25. The highest BCUT2D eigenvalue weighted by atomic mass is 32.2. The number of nitrogens with zero attached hydrogens (tertiary/aromatic N) is 3. The first kappa shape index (κ1) is 28.4. The van der Waals surface area contributed by atoms with Crippen molar-refractivity contribution < 1.29 is 23.4 Å². The van der Waals surface area contributed by atoms with E-state index in [0.717, 1.165) is 37.4 Å². The van der Waals surface area contributed by atoms with Crippen molar-refractivity contribution in [3.63, 3.8) is 0 Å². The molecule has 1 N–H and O–H groups in total. The van der Waals surface area contributed by atoms with Crippen molar-refractivity contribution in [1.29, 1.82) is 0 Å². The first-order chi connectivity index (χ1) is 20.3. The predicted molar refractivity (Wildman–Crippen MR) is 157 cm³/mol. The van der Waals surface area contributed by atoms with E-state index in [1.54, 1.807) is 39.5 Å². The monoisotopic (exact) mass is 588 g/mol. The Labute approximate surface area is 243 Å². The van der Waals surface area contributed by atoms with Crippen LogP contribution in [0.5, 0.6) is 17.2 Å². The molecule has 0 unspecified atom stereocenters. The largest absolute Gasteiger partial charge is 0.493 e. The molecule has 10 nitrogen and oxygen atoms in total. The van der Waals surface area contributed by atoms with Crippen molar-refractivity contribution in [3.8, 4) is 22.9 Å². The summed E-state index contributed by atoms with van der Waals surface area (Å²) >= 11 is 1.51. The van der Waals surface area contributed by atoms with Gasteiger partial charge >= 0.3 is 17.3 Å². The van der Waals surface area contributed by atoms with Crippen LogP contribution in [0.1, 0.15) is 6.92 Å². The zero-order chi connectivity index (χ0) is 29.8. The van der Waals surface area contributed by atoms with Gasteiger partial charge in [0.2, 0.25) is 5.75 Å². The van der Waals surface area contributed by atoms with Gasteiger partial charge in [0, 0.05) is 39.7 Å². The van der Waals surface area contributed by atoms with Crippen molar-refractivity contribution in [3.05, 3.63) is 106 Å².